The molecule has 2 aromatic heterocycles. The van der Waals surface area contributed by atoms with E-state index in [9.17, 15) is 13.6 Å². The fourth-order valence-electron chi connectivity index (χ4n) is 3.07. The molecule has 2 N–H and O–H groups in total. The second-order valence-electron chi connectivity index (χ2n) is 7.30. The minimum atomic E-state index is -0.784. The molecular formula is C23H20F2N6O2. The zero-order valence-corrected chi connectivity index (χ0v) is 18.1. The Hall–Kier alpha value is -4.34. The summed E-state index contributed by atoms with van der Waals surface area (Å²) in [6, 6.07) is 12.1. The standard InChI is InChI=1S/C23H20F2N6O2/c1-13-14(2)30-31(15(13)3)21-8-9-22(29-28-21)33-20-6-4-18(5-7-20)26-23(32)27-19-11-16(24)10-17(25)12-19/h4-12H,1-3H3,(H2,26,27,32). The van der Waals surface area contributed by atoms with E-state index >= 15 is 0 Å². The third-order valence-corrected chi connectivity index (χ3v) is 4.95. The number of ether oxygens (including phenoxy) is 1. The predicted octanol–water partition coefficient (Wildman–Crippen LogP) is 5.30. The molecule has 0 aliphatic rings. The van der Waals surface area contributed by atoms with Gasteiger partial charge in [0.15, 0.2) is 5.82 Å². The molecule has 0 atom stereocenters. The van der Waals surface area contributed by atoms with Gasteiger partial charge in [0, 0.05) is 29.2 Å². The minimum Gasteiger partial charge on any atom is -0.438 e. The van der Waals surface area contributed by atoms with Crippen molar-refractivity contribution in [1.29, 1.82) is 0 Å². The monoisotopic (exact) mass is 450 g/mol. The van der Waals surface area contributed by atoms with E-state index in [1.54, 1.807) is 41.1 Å². The lowest BCUT2D eigenvalue weighted by atomic mass is 10.2. The first-order valence-electron chi connectivity index (χ1n) is 9.97. The summed E-state index contributed by atoms with van der Waals surface area (Å²) in [5.41, 5.74) is 3.48. The highest BCUT2D eigenvalue weighted by Gasteiger charge is 2.11. The van der Waals surface area contributed by atoms with Gasteiger partial charge in [-0.15, -0.1) is 10.2 Å². The minimum absolute atomic E-state index is 0.00241. The number of benzene rings is 2. The van der Waals surface area contributed by atoms with E-state index in [1.807, 2.05) is 20.8 Å². The maximum absolute atomic E-state index is 13.2. The average Bonchev–Trinajstić information content (AvgIpc) is 3.02. The molecule has 2 heterocycles. The Morgan fingerprint density at radius 3 is 2.12 bits per heavy atom. The molecule has 4 aromatic rings. The van der Waals surface area contributed by atoms with Crippen LogP contribution in [0.5, 0.6) is 11.6 Å². The van der Waals surface area contributed by atoms with Crippen molar-refractivity contribution < 1.29 is 18.3 Å². The molecule has 33 heavy (non-hydrogen) atoms. The van der Waals surface area contributed by atoms with Crippen LogP contribution in [0, 0.1) is 32.4 Å². The van der Waals surface area contributed by atoms with Crippen LogP contribution in [0.4, 0.5) is 25.0 Å². The molecule has 0 aliphatic heterocycles. The molecule has 0 saturated carbocycles. The van der Waals surface area contributed by atoms with Gasteiger partial charge in [-0.2, -0.15) is 5.10 Å². The molecule has 168 valence electrons. The van der Waals surface area contributed by atoms with E-state index in [-0.39, 0.29) is 5.69 Å². The number of halogens is 2. The van der Waals surface area contributed by atoms with E-state index < -0.39 is 17.7 Å². The molecule has 0 fully saturated rings. The average molecular weight is 450 g/mol. The van der Waals surface area contributed by atoms with Gasteiger partial charge in [0.2, 0.25) is 5.88 Å². The lowest BCUT2D eigenvalue weighted by molar-refractivity contribution is 0.262. The fourth-order valence-corrected chi connectivity index (χ4v) is 3.07. The number of nitrogens with zero attached hydrogens (tertiary/aromatic N) is 4. The second-order valence-corrected chi connectivity index (χ2v) is 7.30. The van der Waals surface area contributed by atoms with Gasteiger partial charge in [-0.3, -0.25) is 0 Å². The lowest BCUT2D eigenvalue weighted by Gasteiger charge is -2.09. The van der Waals surface area contributed by atoms with Crippen molar-refractivity contribution in [3.63, 3.8) is 0 Å². The SMILES string of the molecule is Cc1nn(-c2ccc(Oc3ccc(NC(=O)Nc4cc(F)cc(F)c4)cc3)nn2)c(C)c1C. The van der Waals surface area contributed by atoms with Gasteiger partial charge in [0.05, 0.1) is 5.69 Å². The van der Waals surface area contributed by atoms with Crippen molar-refractivity contribution in [2.24, 2.45) is 0 Å². The molecule has 8 nitrogen and oxygen atoms in total. The Morgan fingerprint density at radius 1 is 0.879 bits per heavy atom. The summed E-state index contributed by atoms with van der Waals surface area (Å²) < 4.78 is 33.9. The number of aryl methyl sites for hydroxylation is 1. The molecule has 10 heteroatoms. The van der Waals surface area contributed by atoms with E-state index in [0.717, 1.165) is 35.2 Å². The van der Waals surface area contributed by atoms with Gasteiger partial charge in [-0.25, -0.2) is 18.3 Å². The Balaban J connectivity index is 1.37. The summed E-state index contributed by atoms with van der Waals surface area (Å²) in [6.07, 6.45) is 0. The van der Waals surface area contributed by atoms with Crippen LogP contribution in [-0.2, 0) is 0 Å². The maximum Gasteiger partial charge on any atom is 0.323 e. The molecule has 0 aliphatic carbocycles. The van der Waals surface area contributed by atoms with Crippen LogP contribution in [0.1, 0.15) is 17.0 Å². The van der Waals surface area contributed by atoms with Gasteiger partial charge in [-0.05, 0) is 68.8 Å². The number of carbonyl (C=O) groups excluding carboxylic acids is 1. The summed E-state index contributed by atoms with van der Waals surface area (Å²) in [5, 5.41) is 17.7. The second kappa shape index (κ2) is 9.03. The number of amides is 2. The molecule has 2 amide bonds. The van der Waals surface area contributed by atoms with Crippen LogP contribution < -0.4 is 15.4 Å². The summed E-state index contributed by atoms with van der Waals surface area (Å²) in [7, 11) is 0. The van der Waals surface area contributed by atoms with E-state index in [1.165, 1.54) is 0 Å². The zero-order valence-electron chi connectivity index (χ0n) is 18.1. The van der Waals surface area contributed by atoms with Crippen molar-refractivity contribution in [2.75, 3.05) is 10.6 Å². The van der Waals surface area contributed by atoms with Crippen LogP contribution in [-0.4, -0.2) is 26.0 Å². The Morgan fingerprint density at radius 2 is 1.55 bits per heavy atom. The normalized spacial score (nSPS) is 10.7. The molecule has 0 spiro atoms. The predicted molar refractivity (Wildman–Crippen MR) is 119 cm³/mol. The van der Waals surface area contributed by atoms with E-state index in [0.29, 0.717) is 23.1 Å². The summed E-state index contributed by atoms with van der Waals surface area (Å²) in [5.74, 6) is -0.207. The molecule has 0 radical (unpaired) electrons. The first-order valence-corrected chi connectivity index (χ1v) is 9.97. The van der Waals surface area contributed by atoms with Crippen molar-refractivity contribution in [1.82, 2.24) is 20.0 Å². The molecule has 0 saturated heterocycles. The third kappa shape index (κ3) is 5.12. The number of carbonyl (C=O) groups is 1. The first-order chi connectivity index (χ1) is 15.8. The van der Waals surface area contributed by atoms with Gasteiger partial charge in [0.1, 0.15) is 17.4 Å². The number of aromatic nitrogens is 4. The summed E-state index contributed by atoms with van der Waals surface area (Å²) in [6.45, 7) is 5.91. The zero-order chi connectivity index (χ0) is 23.5. The largest absolute Gasteiger partial charge is 0.438 e. The van der Waals surface area contributed by atoms with E-state index in [4.69, 9.17) is 4.74 Å². The highest BCUT2D eigenvalue weighted by molar-refractivity contribution is 5.99. The smallest absolute Gasteiger partial charge is 0.323 e. The van der Waals surface area contributed by atoms with Crippen LogP contribution >= 0.6 is 0 Å². The maximum atomic E-state index is 13.2. The topological polar surface area (TPSA) is 94.0 Å². The Kier molecular flexibility index (Phi) is 5.99. The van der Waals surface area contributed by atoms with Gasteiger partial charge in [-0.1, -0.05) is 0 Å². The van der Waals surface area contributed by atoms with Crippen LogP contribution in [0.15, 0.2) is 54.6 Å². The van der Waals surface area contributed by atoms with Crippen LogP contribution in [0.25, 0.3) is 5.82 Å². The molecule has 2 aromatic carbocycles. The Labute approximate surface area is 188 Å². The number of nitrogens with one attached hydrogen (secondary N) is 2. The number of anilines is 2. The molecule has 0 unspecified atom stereocenters. The first kappa shape index (κ1) is 21.9. The highest BCUT2D eigenvalue weighted by Crippen LogP contribution is 2.22. The molecular weight excluding hydrogens is 430 g/mol. The Bertz CT molecular complexity index is 1280. The number of urea groups is 1. The number of rotatable bonds is 5. The fraction of sp³-hybridized carbons (Fsp3) is 0.130. The number of hydrogen-bond donors (Lipinski definition) is 2. The van der Waals surface area contributed by atoms with Gasteiger partial charge < -0.3 is 15.4 Å². The highest BCUT2D eigenvalue weighted by atomic mass is 19.1. The third-order valence-electron chi connectivity index (χ3n) is 4.95. The van der Waals surface area contributed by atoms with Gasteiger partial charge in [0.25, 0.3) is 0 Å². The summed E-state index contributed by atoms with van der Waals surface area (Å²) in [4.78, 5) is 12.1. The van der Waals surface area contributed by atoms with Crippen molar-refractivity contribution in [2.45, 2.75) is 20.8 Å². The summed E-state index contributed by atoms with van der Waals surface area (Å²) >= 11 is 0. The number of hydrogen-bond acceptors (Lipinski definition) is 5. The van der Waals surface area contributed by atoms with Crippen LogP contribution in [0.3, 0.4) is 0 Å². The molecule has 0 bridgehead atoms. The van der Waals surface area contributed by atoms with E-state index in [2.05, 4.69) is 25.9 Å². The lowest BCUT2D eigenvalue weighted by Crippen LogP contribution is -2.19. The van der Waals surface area contributed by atoms with Crippen LogP contribution in [0.2, 0.25) is 0 Å². The van der Waals surface area contributed by atoms with Crippen molar-refractivity contribution >= 4 is 17.4 Å². The van der Waals surface area contributed by atoms with Crippen molar-refractivity contribution in [3.8, 4) is 17.4 Å². The molecule has 4 rings (SSSR count). The quantitative estimate of drug-likeness (QED) is 0.430. The van der Waals surface area contributed by atoms with Crippen molar-refractivity contribution in [3.05, 3.63) is 83.2 Å². The van der Waals surface area contributed by atoms with Gasteiger partial charge >= 0.3 is 6.03 Å².